The van der Waals surface area contributed by atoms with Gasteiger partial charge in [0.1, 0.15) is 104 Å². The first-order chi connectivity index (χ1) is 19.5. The fourth-order valence-corrected chi connectivity index (χ4v) is 6.06. The molecule has 0 spiro atoms. The molecule has 0 bridgehead atoms. The van der Waals surface area contributed by atoms with Crippen molar-refractivity contribution in [3.8, 4) is 22.6 Å². The Balaban J connectivity index is 1.95. The van der Waals surface area contributed by atoms with E-state index in [1.165, 1.54) is 0 Å². The molecule has 2 heterocycles. The van der Waals surface area contributed by atoms with Crippen LogP contribution in [0.15, 0.2) is 18.2 Å². The highest BCUT2D eigenvalue weighted by Gasteiger charge is 2.53. The number of amides is 1. The van der Waals surface area contributed by atoms with E-state index in [4.69, 9.17) is 14.7 Å². The SMILES string of the molecule is Bc1nc(C(B)(B)N2C(=O)c3cc(-c4c(B)c(B)c(OC(F)(F)F)c(B)c4B)ccc3OC(B)(B)C2(B)B)nc(B)c1B. The van der Waals surface area contributed by atoms with E-state index in [1.807, 2.05) is 81.6 Å². The van der Waals surface area contributed by atoms with Crippen LogP contribution in [-0.4, -0.2) is 140 Å². The second-order valence-corrected chi connectivity index (χ2v) is 13.2. The molecule has 206 valence electrons. The molecule has 1 amide bonds. The Hall–Kier alpha value is -2.78. The summed E-state index contributed by atoms with van der Waals surface area (Å²) in [5, 5.41) is -2.58. The zero-order valence-electron chi connectivity index (χ0n) is 27.4. The van der Waals surface area contributed by atoms with Crippen molar-refractivity contribution in [2.45, 2.75) is 22.4 Å². The van der Waals surface area contributed by atoms with Crippen molar-refractivity contribution < 1.29 is 27.4 Å². The fourth-order valence-electron chi connectivity index (χ4n) is 6.06. The number of ether oxygens (including phenoxy) is 2. The van der Waals surface area contributed by atoms with E-state index in [-0.39, 0.29) is 11.7 Å². The molecule has 22 heteroatoms. The van der Waals surface area contributed by atoms with Gasteiger partial charge in [-0.1, -0.05) is 33.4 Å². The van der Waals surface area contributed by atoms with E-state index >= 15 is 0 Å². The largest absolute Gasteiger partial charge is 0.573 e. The molecule has 3 aromatic rings. The van der Waals surface area contributed by atoms with Crippen LogP contribution < -0.4 is 48.0 Å². The number of halogens is 3. The predicted molar refractivity (Wildman–Crippen MR) is 203 cm³/mol. The summed E-state index contributed by atoms with van der Waals surface area (Å²) in [4.78, 5) is 26.2. The number of alkyl halides is 3. The van der Waals surface area contributed by atoms with Gasteiger partial charge in [-0.15, -0.1) is 13.2 Å². The Labute approximate surface area is 262 Å². The van der Waals surface area contributed by atoms with Crippen molar-refractivity contribution in [2.24, 2.45) is 0 Å². The fraction of sp³-hybridized carbons (Fsp3) is 0.190. The van der Waals surface area contributed by atoms with Crippen molar-refractivity contribution in [1.82, 2.24) is 14.9 Å². The van der Waals surface area contributed by atoms with Gasteiger partial charge in [0, 0.05) is 16.1 Å². The number of fused-ring (bicyclic) bond motifs is 1. The number of benzene rings is 2. The normalized spacial score (nSPS) is 16.2. The van der Waals surface area contributed by atoms with Gasteiger partial charge in [-0.2, -0.15) is 0 Å². The van der Waals surface area contributed by atoms with Crippen LogP contribution in [0.1, 0.15) is 16.2 Å². The number of hydrogen-bond acceptors (Lipinski definition) is 5. The lowest BCUT2D eigenvalue weighted by atomic mass is 9.37. The monoisotopic (exact) mass is 571 g/mol. The van der Waals surface area contributed by atoms with E-state index in [1.54, 1.807) is 43.5 Å². The molecule has 0 fully saturated rings. The van der Waals surface area contributed by atoms with Crippen LogP contribution in [0.3, 0.4) is 0 Å². The highest BCUT2D eigenvalue weighted by atomic mass is 19.4. The van der Waals surface area contributed by atoms with Crippen LogP contribution in [0.2, 0.25) is 0 Å². The molecule has 0 saturated heterocycles. The molecule has 0 saturated carbocycles. The standard InChI is InChI=1S/C21H29B13F3N3O3/c22-8-7(9(23)11(25)13(10(8)24)43-21(35,36)37)4-1-2-6-5(3-4)16(41)40(19(31,32)20(33,34)42-6)18(29,30)17-38-14(27)12(26)15(28)39-17/h1-3H,22-34H2. The van der Waals surface area contributed by atoms with Gasteiger partial charge < -0.3 is 14.4 Å². The summed E-state index contributed by atoms with van der Waals surface area (Å²) < 4.78 is 50.6. The molecule has 0 aliphatic carbocycles. The van der Waals surface area contributed by atoms with E-state index in [0.29, 0.717) is 44.6 Å². The zero-order valence-corrected chi connectivity index (χ0v) is 27.4. The lowest BCUT2D eigenvalue weighted by Gasteiger charge is -2.54. The Bertz CT molecular complexity index is 1620. The number of carbonyl (C=O) groups excluding carboxylic acids is 1. The van der Waals surface area contributed by atoms with Crippen LogP contribution in [0.5, 0.6) is 11.5 Å². The highest BCUT2D eigenvalue weighted by molar-refractivity contribution is 6.61. The van der Waals surface area contributed by atoms with Crippen LogP contribution in [0.4, 0.5) is 13.2 Å². The number of carbonyl (C=O) groups is 1. The van der Waals surface area contributed by atoms with Crippen LogP contribution in [0, 0.1) is 0 Å². The maximum Gasteiger partial charge on any atom is 0.573 e. The first-order valence-electron chi connectivity index (χ1n) is 14.4. The number of hydrogen-bond donors (Lipinski definition) is 0. The molecule has 2 aromatic carbocycles. The van der Waals surface area contributed by atoms with Gasteiger partial charge in [0.15, 0.2) is 15.7 Å². The molecule has 0 N–H and O–H groups in total. The highest BCUT2D eigenvalue weighted by Crippen LogP contribution is 2.40. The minimum Gasteiger partial charge on any atom is -0.504 e. The Morgan fingerprint density at radius 3 is 1.81 bits per heavy atom. The minimum atomic E-state index is -4.81. The molecule has 1 aromatic heterocycles. The third kappa shape index (κ3) is 5.52. The molecule has 0 atom stereocenters. The summed E-state index contributed by atoms with van der Waals surface area (Å²) in [7, 11) is 24.4. The number of aromatic nitrogens is 2. The van der Waals surface area contributed by atoms with Crippen LogP contribution in [-0.2, 0) is 5.34 Å². The first kappa shape index (κ1) is 33.1. The number of rotatable bonds is 4. The van der Waals surface area contributed by atoms with Crippen LogP contribution in [0.25, 0.3) is 11.1 Å². The van der Waals surface area contributed by atoms with Gasteiger partial charge in [-0.3, -0.25) is 4.79 Å². The summed E-state index contributed by atoms with van der Waals surface area (Å²) >= 11 is 0. The number of nitrogens with zero attached hydrogens (tertiary/aromatic N) is 3. The Morgan fingerprint density at radius 1 is 0.814 bits per heavy atom. The van der Waals surface area contributed by atoms with E-state index in [9.17, 15) is 18.0 Å². The van der Waals surface area contributed by atoms with Crippen molar-refractivity contribution in [2.75, 3.05) is 0 Å². The van der Waals surface area contributed by atoms with Gasteiger partial charge in [-0.25, -0.2) is 9.97 Å². The molecule has 1 aliphatic heterocycles. The summed E-state index contributed by atoms with van der Waals surface area (Å²) in [5.41, 5.74) is 6.57. The topological polar surface area (TPSA) is 64.6 Å². The molecule has 0 radical (unpaired) electrons. The molecule has 6 nitrogen and oxygen atoms in total. The third-order valence-corrected chi connectivity index (χ3v) is 9.61. The van der Waals surface area contributed by atoms with Gasteiger partial charge in [0.05, 0.1) is 5.56 Å². The van der Waals surface area contributed by atoms with Crippen molar-refractivity contribution in [3.63, 3.8) is 0 Å². The Morgan fingerprint density at radius 2 is 1.33 bits per heavy atom. The smallest absolute Gasteiger partial charge is 0.504 e. The zero-order chi connectivity index (χ0) is 32.6. The van der Waals surface area contributed by atoms with Crippen LogP contribution >= 0.6 is 0 Å². The molecule has 43 heavy (non-hydrogen) atoms. The Kier molecular flexibility index (Phi) is 8.23. The maximum atomic E-state index is 14.7. The van der Waals surface area contributed by atoms with Gasteiger partial charge in [0.25, 0.3) is 5.91 Å². The van der Waals surface area contributed by atoms with E-state index < -0.39 is 22.4 Å². The molecule has 0 unspecified atom stereocenters. The summed E-state index contributed by atoms with van der Waals surface area (Å²) in [5.74, 6) is 0.518. The molecule has 4 rings (SSSR count). The average Bonchev–Trinajstić information content (AvgIpc) is 2.93. The van der Waals surface area contributed by atoms with Crippen molar-refractivity contribution in [1.29, 1.82) is 0 Å². The summed E-state index contributed by atoms with van der Waals surface area (Å²) in [6, 6.07) is 5.41. The quantitative estimate of drug-likeness (QED) is 0.293. The second kappa shape index (κ2) is 10.7. The molecular formula is C21H29B13F3N3O3. The van der Waals surface area contributed by atoms with Gasteiger partial charge in [-0.05, 0) is 34.4 Å². The summed E-state index contributed by atoms with van der Waals surface area (Å²) in [6.07, 6.45) is -4.81. The molecular weight excluding hydrogens is 540 g/mol. The first-order valence-corrected chi connectivity index (χ1v) is 14.4. The predicted octanol–water partition coefficient (Wildman–Crippen LogP) is -14.4. The maximum absolute atomic E-state index is 14.7. The van der Waals surface area contributed by atoms with Gasteiger partial charge >= 0.3 is 6.36 Å². The third-order valence-electron chi connectivity index (χ3n) is 9.61. The lowest BCUT2D eigenvalue weighted by molar-refractivity contribution is -0.273. The van der Waals surface area contributed by atoms with Crippen molar-refractivity contribution >= 4 is 146 Å². The lowest BCUT2D eigenvalue weighted by Crippen LogP contribution is -2.74. The van der Waals surface area contributed by atoms with E-state index in [2.05, 4.69) is 4.74 Å². The van der Waals surface area contributed by atoms with Gasteiger partial charge in [0.2, 0.25) is 0 Å². The molecule has 1 aliphatic rings. The van der Waals surface area contributed by atoms with E-state index in [0.717, 1.165) is 22.2 Å². The summed E-state index contributed by atoms with van der Waals surface area (Å²) in [6.45, 7) is 0. The second-order valence-electron chi connectivity index (χ2n) is 13.2. The van der Waals surface area contributed by atoms with Crippen molar-refractivity contribution in [3.05, 3.63) is 29.6 Å². The average molecular weight is 569 g/mol. The minimum absolute atomic E-state index is 0.194.